The third kappa shape index (κ3) is 9.16. The number of hydrogen-bond donors (Lipinski definition) is 2. The zero-order valence-electron chi connectivity index (χ0n) is 14.6. The average molecular weight is 364 g/mol. The number of amides is 1. The summed E-state index contributed by atoms with van der Waals surface area (Å²) < 4.78 is 0. The molecule has 0 aliphatic rings. The van der Waals surface area contributed by atoms with Gasteiger partial charge in [-0.25, -0.2) is 0 Å². The fraction of sp³-hybridized carbons (Fsp3) is 0.588. The summed E-state index contributed by atoms with van der Waals surface area (Å²) >= 11 is 0. The molecule has 0 aliphatic carbocycles. The van der Waals surface area contributed by atoms with Gasteiger partial charge in [-0.05, 0) is 58.1 Å². The summed E-state index contributed by atoms with van der Waals surface area (Å²) in [4.78, 5) is 14.4. The fourth-order valence-electron chi connectivity index (χ4n) is 2.22. The molecule has 1 aromatic rings. The lowest BCUT2D eigenvalue weighted by molar-refractivity contribution is 0.0953. The van der Waals surface area contributed by atoms with Crippen LogP contribution in [0.5, 0.6) is 0 Å². The standard InChI is InChI=1S/C17H29N3O.2ClH/c1-5-20(14(2)3)13-15-7-9-16(10-8-15)17(21)19-12-6-11-18-4;;/h7-10,14,18H,5-6,11-13H2,1-4H3,(H,19,21);2*1H. The zero-order valence-corrected chi connectivity index (χ0v) is 16.2. The summed E-state index contributed by atoms with van der Waals surface area (Å²) in [6, 6.07) is 8.46. The molecule has 4 nitrogen and oxygen atoms in total. The van der Waals surface area contributed by atoms with Crippen LogP contribution in [0.4, 0.5) is 0 Å². The molecule has 2 N–H and O–H groups in total. The smallest absolute Gasteiger partial charge is 0.251 e. The van der Waals surface area contributed by atoms with E-state index in [2.05, 4.69) is 36.3 Å². The molecule has 0 bridgehead atoms. The Kier molecular flexibility index (Phi) is 14.5. The minimum absolute atomic E-state index is 0. The number of hydrogen-bond acceptors (Lipinski definition) is 3. The number of carbonyl (C=O) groups excluding carboxylic acids is 1. The molecule has 1 amide bonds. The number of rotatable bonds is 9. The number of halogens is 2. The second-order valence-corrected chi connectivity index (χ2v) is 5.57. The number of nitrogens with zero attached hydrogens (tertiary/aromatic N) is 1. The Bertz CT molecular complexity index is 424. The first-order valence-corrected chi connectivity index (χ1v) is 7.84. The molecular weight excluding hydrogens is 333 g/mol. The monoisotopic (exact) mass is 363 g/mol. The van der Waals surface area contributed by atoms with Crippen molar-refractivity contribution in [3.63, 3.8) is 0 Å². The van der Waals surface area contributed by atoms with E-state index in [1.807, 2.05) is 31.3 Å². The highest BCUT2D eigenvalue weighted by molar-refractivity contribution is 5.94. The van der Waals surface area contributed by atoms with E-state index in [9.17, 15) is 4.79 Å². The Morgan fingerprint density at radius 1 is 1.13 bits per heavy atom. The molecule has 6 heteroatoms. The van der Waals surface area contributed by atoms with Crippen molar-refractivity contribution in [2.45, 2.75) is 39.8 Å². The van der Waals surface area contributed by atoms with Crippen molar-refractivity contribution >= 4 is 30.7 Å². The van der Waals surface area contributed by atoms with Crippen molar-refractivity contribution in [2.75, 3.05) is 26.7 Å². The van der Waals surface area contributed by atoms with Crippen LogP contribution >= 0.6 is 24.8 Å². The van der Waals surface area contributed by atoms with Crippen LogP contribution in [0, 0.1) is 0 Å². The summed E-state index contributed by atoms with van der Waals surface area (Å²) in [6.45, 7) is 10.2. The van der Waals surface area contributed by atoms with Gasteiger partial charge in [0.15, 0.2) is 0 Å². The molecular formula is C17H31Cl2N3O. The fourth-order valence-corrected chi connectivity index (χ4v) is 2.22. The maximum absolute atomic E-state index is 12.0. The van der Waals surface area contributed by atoms with Gasteiger partial charge in [-0.3, -0.25) is 9.69 Å². The summed E-state index contributed by atoms with van der Waals surface area (Å²) in [6.07, 6.45) is 0.945. The van der Waals surface area contributed by atoms with Crippen LogP contribution in [0.3, 0.4) is 0 Å². The van der Waals surface area contributed by atoms with Gasteiger partial charge in [0.1, 0.15) is 0 Å². The van der Waals surface area contributed by atoms with Crippen LogP contribution in [0.25, 0.3) is 0 Å². The Morgan fingerprint density at radius 2 is 1.74 bits per heavy atom. The molecule has 0 spiro atoms. The maximum atomic E-state index is 12.0. The molecule has 0 fully saturated rings. The van der Waals surface area contributed by atoms with E-state index < -0.39 is 0 Å². The van der Waals surface area contributed by atoms with Gasteiger partial charge >= 0.3 is 0 Å². The molecule has 0 atom stereocenters. The quantitative estimate of drug-likeness (QED) is 0.662. The first-order chi connectivity index (χ1) is 10.1. The van der Waals surface area contributed by atoms with Gasteiger partial charge in [0.25, 0.3) is 5.91 Å². The predicted molar refractivity (Wildman–Crippen MR) is 103 cm³/mol. The molecule has 0 saturated carbocycles. The van der Waals surface area contributed by atoms with Gasteiger partial charge in [-0.2, -0.15) is 0 Å². The third-order valence-electron chi connectivity index (χ3n) is 3.63. The van der Waals surface area contributed by atoms with Crippen LogP contribution in [-0.4, -0.2) is 43.5 Å². The highest BCUT2D eigenvalue weighted by Crippen LogP contribution is 2.10. The van der Waals surface area contributed by atoms with E-state index >= 15 is 0 Å². The molecule has 134 valence electrons. The summed E-state index contributed by atoms with van der Waals surface area (Å²) in [7, 11) is 1.91. The summed E-state index contributed by atoms with van der Waals surface area (Å²) in [5.41, 5.74) is 1.98. The molecule has 0 aliphatic heterocycles. The molecule has 1 rings (SSSR count). The third-order valence-corrected chi connectivity index (χ3v) is 3.63. The van der Waals surface area contributed by atoms with E-state index in [1.54, 1.807) is 0 Å². The van der Waals surface area contributed by atoms with Crippen LogP contribution in [-0.2, 0) is 6.54 Å². The van der Waals surface area contributed by atoms with Crippen molar-refractivity contribution in [2.24, 2.45) is 0 Å². The van der Waals surface area contributed by atoms with Crippen molar-refractivity contribution in [3.8, 4) is 0 Å². The van der Waals surface area contributed by atoms with Crippen molar-refractivity contribution < 1.29 is 4.79 Å². The zero-order chi connectivity index (χ0) is 15.7. The van der Waals surface area contributed by atoms with Gasteiger partial charge in [-0.15, -0.1) is 24.8 Å². The van der Waals surface area contributed by atoms with Crippen molar-refractivity contribution in [3.05, 3.63) is 35.4 Å². The van der Waals surface area contributed by atoms with E-state index in [4.69, 9.17) is 0 Å². The van der Waals surface area contributed by atoms with Gasteiger partial charge in [-0.1, -0.05) is 19.1 Å². The minimum Gasteiger partial charge on any atom is -0.352 e. The topological polar surface area (TPSA) is 44.4 Å². The number of carbonyl (C=O) groups is 1. The molecule has 0 heterocycles. The van der Waals surface area contributed by atoms with E-state index in [0.717, 1.165) is 31.6 Å². The molecule has 23 heavy (non-hydrogen) atoms. The van der Waals surface area contributed by atoms with Crippen LogP contribution in [0.2, 0.25) is 0 Å². The van der Waals surface area contributed by atoms with E-state index in [0.29, 0.717) is 12.6 Å². The largest absolute Gasteiger partial charge is 0.352 e. The Labute approximate surface area is 153 Å². The maximum Gasteiger partial charge on any atom is 0.251 e. The summed E-state index contributed by atoms with van der Waals surface area (Å²) in [5, 5.41) is 6.00. The Hall–Kier alpha value is -0.810. The minimum atomic E-state index is 0. The van der Waals surface area contributed by atoms with Gasteiger partial charge < -0.3 is 10.6 Å². The molecule has 0 saturated heterocycles. The van der Waals surface area contributed by atoms with Crippen LogP contribution in [0.15, 0.2) is 24.3 Å². The average Bonchev–Trinajstić information content (AvgIpc) is 2.49. The molecule has 1 aromatic carbocycles. The molecule has 0 aromatic heterocycles. The Morgan fingerprint density at radius 3 is 2.22 bits per heavy atom. The predicted octanol–water partition coefficient (Wildman–Crippen LogP) is 3.10. The first kappa shape index (κ1) is 24.4. The normalized spacial score (nSPS) is 10.2. The van der Waals surface area contributed by atoms with Crippen LogP contribution < -0.4 is 10.6 Å². The van der Waals surface area contributed by atoms with Crippen molar-refractivity contribution in [1.82, 2.24) is 15.5 Å². The SMILES string of the molecule is CCN(Cc1ccc(C(=O)NCCCNC)cc1)C(C)C.Cl.Cl. The van der Waals surface area contributed by atoms with E-state index in [-0.39, 0.29) is 30.7 Å². The first-order valence-electron chi connectivity index (χ1n) is 7.84. The summed E-state index contributed by atoms with van der Waals surface area (Å²) in [5.74, 6) is 0.00820. The number of nitrogens with one attached hydrogen (secondary N) is 2. The second-order valence-electron chi connectivity index (χ2n) is 5.57. The lowest BCUT2D eigenvalue weighted by atomic mass is 10.1. The van der Waals surface area contributed by atoms with Crippen molar-refractivity contribution in [1.29, 1.82) is 0 Å². The van der Waals surface area contributed by atoms with Gasteiger partial charge in [0.2, 0.25) is 0 Å². The molecule has 0 unspecified atom stereocenters. The lowest BCUT2D eigenvalue weighted by Crippen LogP contribution is -2.30. The highest BCUT2D eigenvalue weighted by Gasteiger charge is 2.09. The lowest BCUT2D eigenvalue weighted by Gasteiger charge is -2.24. The number of benzene rings is 1. The van der Waals surface area contributed by atoms with E-state index in [1.165, 1.54) is 5.56 Å². The highest BCUT2D eigenvalue weighted by atomic mass is 35.5. The van der Waals surface area contributed by atoms with Crippen LogP contribution in [0.1, 0.15) is 43.1 Å². The Balaban J connectivity index is 0. The molecule has 0 radical (unpaired) electrons. The van der Waals surface area contributed by atoms with Gasteiger partial charge in [0.05, 0.1) is 0 Å². The van der Waals surface area contributed by atoms with Gasteiger partial charge in [0, 0.05) is 24.7 Å². The second kappa shape index (κ2) is 13.6.